The molecule has 0 radical (unpaired) electrons. The van der Waals surface area contributed by atoms with Crippen molar-refractivity contribution in [3.05, 3.63) is 41.7 Å². The molecule has 0 spiro atoms. The van der Waals surface area contributed by atoms with E-state index in [4.69, 9.17) is 4.74 Å². The lowest BCUT2D eigenvalue weighted by atomic mass is 10.1. The fraction of sp³-hybridized carbons (Fsp3) is 0.133. The molecule has 0 aliphatic carbocycles. The molecule has 0 fully saturated rings. The van der Waals surface area contributed by atoms with Crippen LogP contribution in [0.4, 0.5) is 0 Å². The topological polar surface area (TPSA) is 67.9 Å². The molecule has 0 atom stereocenters. The van der Waals surface area contributed by atoms with E-state index in [-0.39, 0.29) is 0 Å². The van der Waals surface area contributed by atoms with Gasteiger partial charge in [0.1, 0.15) is 11.4 Å². The highest BCUT2D eigenvalue weighted by atomic mass is 16.5. The minimum atomic E-state index is 0.573. The quantitative estimate of drug-likeness (QED) is 0.741. The van der Waals surface area contributed by atoms with Gasteiger partial charge in [0.25, 0.3) is 0 Å². The van der Waals surface area contributed by atoms with Crippen LogP contribution in [0, 0.1) is 6.92 Å². The van der Waals surface area contributed by atoms with Crippen LogP contribution in [0.1, 0.15) is 16.1 Å². The summed E-state index contributed by atoms with van der Waals surface area (Å²) < 4.78 is 5.33. The average Bonchev–Trinajstić information content (AvgIpc) is 2.90. The number of nitrogens with one attached hydrogen (secondary N) is 1. The van der Waals surface area contributed by atoms with Crippen LogP contribution in [0.15, 0.2) is 30.5 Å². The first-order valence-corrected chi connectivity index (χ1v) is 6.19. The molecule has 0 bridgehead atoms. The summed E-state index contributed by atoms with van der Waals surface area (Å²) >= 11 is 0. The molecule has 0 aliphatic rings. The van der Waals surface area contributed by atoms with Crippen LogP contribution in [0.3, 0.4) is 0 Å². The Morgan fingerprint density at radius 3 is 2.80 bits per heavy atom. The first-order chi connectivity index (χ1) is 9.74. The summed E-state index contributed by atoms with van der Waals surface area (Å²) in [6.07, 6.45) is 2.45. The second kappa shape index (κ2) is 4.77. The summed E-state index contributed by atoms with van der Waals surface area (Å²) in [4.78, 5) is 23.0. The highest BCUT2D eigenvalue weighted by molar-refractivity contribution is 5.97. The number of carbonyl (C=O) groups is 1. The second-order valence-corrected chi connectivity index (χ2v) is 4.42. The number of aromatic nitrogens is 3. The molecule has 100 valence electrons. The Bertz CT molecular complexity index is 793. The summed E-state index contributed by atoms with van der Waals surface area (Å²) in [6.45, 7) is 1.86. The Kier molecular flexibility index (Phi) is 2.95. The zero-order valence-corrected chi connectivity index (χ0v) is 11.2. The number of nitrogens with zero attached hydrogens (tertiary/aromatic N) is 2. The Morgan fingerprint density at radius 1 is 1.25 bits per heavy atom. The van der Waals surface area contributed by atoms with Gasteiger partial charge >= 0.3 is 0 Å². The molecule has 3 aromatic rings. The number of ether oxygens (including phenoxy) is 1. The van der Waals surface area contributed by atoms with Crippen LogP contribution in [0.5, 0.6) is 5.75 Å². The van der Waals surface area contributed by atoms with Crippen LogP contribution < -0.4 is 4.74 Å². The van der Waals surface area contributed by atoms with Gasteiger partial charge < -0.3 is 9.72 Å². The van der Waals surface area contributed by atoms with Crippen molar-refractivity contribution in [2.45, 2.75) is 6.92 Å². The van der Waals surface area contributed by atoms with Crippen molar-refractivity contribution in [1.82, 2.24) is 15.0 Å². The van der Waals surface area contributed by atoms with Crippen molar-refractivity contribution in [3.63, 3.8) is 0 Å². The van der Waals surface area contributed by atoms with Gasteiger partial charge in [-0.25, -0.2) is 9.97 Å². The van der Waals surface area contributed by atoms with Crippen LogP contribution in [-0.4, -0.2) is 28.3 Å². The molecule has 5 nitrogen and oxygen atoms in total. The van der Waals surface area contributed by atoms with Crippen molar-refractivity contribution in [2.24, 2.45) is 0 Å². The molecule has 3 rings (SSSR count). The molecule has 2 heterocycles. The number of aromatic amines is 1. The normalized spacial score (nSPS) is 10.7. The molecule has 0 saturated carbocycles. The first-order valence-electron chi connectivity index (χ1n) is 6.19. The highest BCUT2D eigenvalue weighted by Crippen LogP contribution is 2.29. The number of rotatable bonds is 3. The van der Waals surface area contributed by atoms with E-state index < -0.39 is 0 Å². The molecular formula is C15H13N3O2. The highest BCUT2D eigenvalue weighted by Gasteiger charge is 2.13. The van der Waals surface area contributed by atoms with Gasteiger partial charge in [-0.3, -0.25) is 4.79 Å². The number of methoxy groups -OCH3 is 1. The lowest BCUT2D eigenvalue weighted by molar-refractivity contribution is 0.112. The maximum atomic E-state index is 11.0. The number of hydrogen-bond donors (Lipinski definition) is 1. The maximum Gasteiger partial charge on any atom is 0.165 e. The average molecular weight is 267 g/mol. The fourth-order valence-electron chi connectivity index (χ4n) is 2.28. The number of carbonyl (C=O) groups excluding carboxylic acids is 1. The van der Waals surface area contributed by atoms with Crippen LogP contribution >= 0.6 is 0 Å². The number of hydrogen-bond acceptors (Lipinski definition) is 4. The van der Waals surface area contributed by atoms with Gasteiger partial charge in [-0.2, -0.15) is 0 Å². The van der Waals surface area contributed by atoms with Gasteiger partial charge in [-0.15, -0.1) is 0 Å². The van der Waals surface area contributed by atoms with Crippen LogP contribution in [-0.2, 0) is 0 Å². The minimum absolute atomic E-state index is 0.573. The summed E-state index contributed by atoms with van der Waals surface area (Å²) in [7, 11) is 1.61. The maximum absolute atomic E-state index is 11.0. The van der Waals surface area contributed by atoms with Gasteiger partial charge in [-0.1, -0.05) is 12.1 Å². The number of benzene rings is 1. The molecule has 0 amide bonds. The molecule has 1 N–H and O–H groups in total. The van der Waals surface area contributed by atoms with E-state index >= 15 is 0 Å². The van der Waals surface area contributed by atoms with Crippen molar-refractivity contribution in [3.8, 4) is 17.1 Å². The summed E-state index contributed by atoms with van der Waals surface area (Å²) in [5.74, 6) is 1.29. The van der Waals surface area contributed by atoms with E-state index in [0.717, 1.165) is 22.9 Å². The Morgan fingerprint density at radius 2 is 2.05 bits per heavy atom. The smallest absolute Gasteiger partial charge is 0.165 e. The van der Waals surface area contributed by atoms with E-state index in [1.54, 1.807) is 13.3 Å². The number of aldehydes is 1. The number of aryl methyl sites for hydroxylation is 1. The van der Waals surface area contributed by atoms with Gasteiger partial charge in [0.2, 0.25) is 0 Å². The Hall–Kier alpha value is -2.69. The predicted octanol–water partition coefficient (Wildman–Crippen LogP) is 2.75. The summed E-state index contributed by atoms with van der Waals surface area (Å²) in [5.41, 5.74) is 2.81. The third kappa shape index (κ3) is 1.84. The van der Waals surface area contributed by atoms with Crippen molar-refractivity contribution in [1.29, 1.82) is 0 Å². The van der Waals surface area contributed by atoms with E-state index in [1.807, 2.05) is 31.2 Å². The van der Waals surface area contributed by atoms with Crippen molar-refractivity contribution < 1.29 is 9.53 Å². The van der Waals surface area contributed by atoms with Crippen molar-refractivity contribution >= 4 is 17.3 Å². The number of para-hydroxylation sites is 1. The first kappa shape index (κ1) is 12.3. The fourth-order valence-corrected chi connectivity index (χ4v) is 2.28. The largest absolute Gasteiger partial charge is 0.496 e. The van der Waals surface area contributed by atoms with Gasteiger partial charge in [0.15, 0.2) is 12.1 Å². The molecule has 0 aliphatic heterocycles. The zero-order valence-electron chi connectivity index (χ0n) is 11.2. The summed E-state index contributed by atoms with van der Waals surface area (Å²) in [5, 5.41) is 0.763. The molecule has 0 saturated heterocycles. The third-order valence-electron chi connectivity index (χ3n) is 3.22. The Balaban J connectivity index is 2.25. The monoisotopic (exact) mass is 267 g/mol. The molecular weight excluding hydrogens is 254 g/mol. The van der Waals surface area contributed by atoms with E-state index in [2.05, 4.69) is 15.0 Å². The van der Waals surface area contributed by atoms with Gasteiger partial charge in [0, 0.05) is 11.8 Å². The molecule has 5 heteroatoms. The van der Waals surface area contributed by atoms with Crippen LogP contribution in [0.25, 0.3) is 22.4 Å². The number of H-pyrrole nitrogens is 1. The standard InChI is InChI=1S/C15H13N3O2/c1-9-13-10(8-19)7-16-15(13)18-14(17-9)11-5-3-4-6-12(11)20-2/h3-8H,1-2H3,(H,16,17,18). The van der Waals surface area contributed by atoms with E-state index in [9.17, 15) is 4.79 Å². The van der Waals surface area contributed by atoms with E-state index in [0.29, 0.717) is 22.8 Å². The van der Waals surface area contributed by atoms with Crippen molar-refractivity contribution in [2.75, 3.05) is 7.11 Å². The Labute approximate surface area is 115 Å². The minimum Gasteiger partial charge on any atom is -0.496 e. The van der Waals surface area contributed by atoms with Gasteiger partial charge in [0.05, 0.1) is 23.8 Å². The SMILES string of the molecule is COc1ccccc1-c1nc(C)c2c(C=O)c[nH]c2n1. The van der Waals surface area contributed by atoms with Gasteiger partial charge in [-0.05, 0) is 19.1 Å². The predicted molar refractivity (Wildman–Crippen MR) is 76.0 cm³/mol. The zero-order chi connectivity index (χ0) is 14.1. The lowest BCUT2D eigenvalue weighted by Crippen LogP contribution is -1.96. The molecule has 20 heavy (non-hydrogen) atoms. The molecule has 2 aromatic heterocycles. The molecule has 1 aromatic carbocycles. The summed E-state index contributed by atoms with van der Waals surface area (Å²) in [6, 6.07) is 7.58. The lowest BCUT2D eigenvalue weighted by Gasteiger charge is -2.08. The van der Waals surface area contributed by atoms with E-state index in [1.165, 1.54) is 0 Å². The number of fused-ring (bicyclic) bond motifs is 1. The van der Waals surface area contributed by atoms with Crippen LogP contribution in [0.2, 0.25) is 0 Å². The second-order valence-electron chi connectivity index (χ2n) is 4.42. The molecule has 0 unspecified atom stereocenters. The third-order valence-corrected chi connectivity index (χ3v) is 3.22.